The topological polar surface area (TPSA) is 36.7 Å². The van der Waals surface area contributed by atoms with E-state index in [4.69, 9.17) is 0 Å². The molecule has 0 aliphatic rings. The average molecular weight is 236 g/mol. The Morgan fingerprint density at radius 1 is 1.11 bits per heavy atom. The minimum Gasteiger partial charge on any atom is -0.264 e. The Bertz CT molecular complexity index is 514. The molecular formula is C16H16N2. The van der Waals surface area contributed by atoms with E-state index in [1.165, 1.54) is 5.56 Å². The van der Waals surface area contributed by atoms with Gasteiger partial charge in [-0.2, -0.15) is 5.26 Å². The van der Waals surface area contributed by atoms with Crippen LogP contribution in [-0.2, 0) is 0 Å². The van der Waals surface area contributed by atoms with Crippen molar-refractivity contribution in [2.45, 2.75) is 25.2 Å². The molecule has 0 aliphatic heterocycles. The van der Waals surface area contributed by atoms with Gasteiger partial charge in [0.25, 0.3) is 0 Å². The molecule has 1 aromatic carbocycles. The zero-order valence-electron chi connectivity index (χ0n) is 10.5. The van der Waals surface area contributed by atoms with Crippen molar-refractivity contribution in [2.24, 2.45) is 0 Å². The van der Waals surface area contributed by atoms with Crippen molar-refractivity contribution in [1.82, 2.24) is 4.98 Å². The summed E-state index contributed by atoms with van der Waals surface area (Å²) in [4.78, 5) is 4.08. The van der Waals surface area contributed by atoms with E-state index in [-0.39, 0.29) is 5.92 Å². The van der Waals surface area contributed by atoms with Crippen LogP contribution < -0.4 is 0 Å². The van der Waals surface area contributed by atoms with E-state index < -0.39 is 0 Å². The fourth-order valence-corrected chi connectivity index (χ4v) is 2.12. The van der Waals surface area contributed by atoms with Crippen LogP contribution in [0, 0.1) is 11.3 Å². The Labute approximate surface area is 108 Å². The molecule has 2 heteroatoms. The van der Waals surface area contributed by atoms with Gasteiger partial charge in [0.2, 0.25) is 0 Å². The summed E-state index contributed by atoms with van der Waals surface area (Å²) in [6.07, 6.45) is 4.34. The molecular weight excluding hydrogens is 220 g/mol. The van der Waals surface area contributed by atoms with Crippen molar-refractivity contribution in [3.05, 3.63) is 66.0 Å². The third-order valence-electron chi connectivity index (χ3n) is 3.20. The number of pyridine rings is 1. The number of nitrogens with zero attached hydrogens (tertiary/aromatic N) is 2. The van der Waals surface area contributed by atoms with E-state index in [2.05, 4.69) is 30.1 Å². The van der Waals surface area contributed by atoms with Gasteiger partial charge in [-0.05, 0) is 29.5 Å². The number of benzene rings is 1. The standard InChI is InChI=1S/C16H16N2/c1-13(14-6-3-2-4-7-14)10-16(11-17)15-8-5-9-18-12-15/h2-9,12-13,16H,10H2,1H3/t13-,16-/m0/s1. The maximum atomic E-state index is 9.30. The number of aromatic nitrogens is 1. The Morgan fingerprint density at radius 3 is 2.44 bits per heavy atom. The summed E-state index contributed by atoms with van der Waals surface area (Å²) in [7, 11) is 0. The molecule has 0 fully saturated rings. The van der Waals surface area contributed by atoms with E-state index >= 15 is 0 Å². The lowest BCUT2D eigenvalue weighted by atomic mass is 9.87. The molecule has 0 unspecified atom stereocenters. The molecule has 18 heavy (non-hydrogen) atoms. The van der Waals surface area contributed by atoms with Gasteiger partial charge in [-0.25, -0.2) is 0 Å². The first-order chi connectivity index (χ1) is 8.81. The molecule has 0 radical (unpaired) electrons. The zero-order chi connectivity index (χ0) is 12.8. The fraction of sp³-hybridized carbons (Fsp3) is 0.250. The molecule has 0 amide bonds. The van der Waals surface area contributed by atoms with Gasteiger partial charge in [-0.3, -0.25) is 4.98 Å². The van der Waals surface area contributed by atoms with Crippen molar-refractivity contribution in [2.75, 3.05) is 0 Å². The number of nitriles is 1. The second-order valence-corrected chi connectivity index (χ2v) is 4.52. The summed E-state index contributed by atoms with van der Waals surface area (Å²) in [6.45, 7) is 2.16. The molecule has 0 saturated heterocycles. The third kappa shape index (κ3) is 2.95. The summed E-state index contributed by atoms with van der Waals surface area (Å²) < 4.78 is 0. The van der Waals surface area contributed by atoms with E-state index in [1.54, 1.807) is 12.4 Å². The van der Waals surface area contributed by atoms with Gasteiger partial charge < -0.3 is 0 Å². The first-order valence-electron chi connectivity index (χ1n) is 6.15. The fourth-order valence-electron chi connectivity index (χ4n) is 2.12. The van der Waals surface area contributed by atoms with Crippen LogP contribution in [0.1, 0.15) is 36.3 Å². The van der Waals surface area contributed by atoms with Crippen LogP contribution in [-0.4, -0.2) is 4.98 Å². The summed E-state index contributed by atoms with van der Waals surface area (Å²) in [5.41, 5.74) is 2.28. The lowest BCUT2D eigenvalue weighted by Crippen LogP contribution is -2.02. The summed E-state index contributed by atoms with van der Waals surface area (Å²) in [5.74, 6) is 0.282. The highest BCUT2D eigenvalue weighted by Gasteiger charge is 2.15. The summed E-state index contributed by atoms with van der Waals surface area (Å²) in [6, 6.07) is 16.5. The molecule has 90 valence electrons. The maximum absolute atomic E-state index is 9.30. The first-order valence-corrected chi connectivity index (χ1v) is 6.15. The van der Waals surface area contributed by atoms with Crippen LogP contribution in [0.5, 0.6) is 0 Å². The highest BCUT2D eigenvalue weighted by molar-refractivity contribution is 5.25. The number of rotatable bonds is 4. The minimum absolute atomic E-state index is 0.0890. The Kier molecular flexibility index (Phi) is 4.09. The molecule has 0 N–H and O–H groups in total. The largest absolute Gasteiger partial charge is 0.264 e. The van der Waals surface area contributed by atoms with Crippen molar-refractivity contribution < 1.29 is 0 Å². The molecule has 0 bridgehead atoms. The predicted molar refractivity (Wildman–Crippen MR) is 72.1 cm³/mol. The van der Waals surface area contributed by atoms with Gasteiger partial charge in [-0.15, -0.1) is 0 Å². The molecule has 0 spiro atoms. The van der Waals surface area contributed by atoms with Crippen molar-refractivity contribution in [3.63, 3.8) is 0 Å². The van der Waals surface area contributed by atoms with Gasteiger partial charge in [0.05, 0.1) is 12.0 Å². The highest BCUT2D eigenvalue weighted by atomic mass is 14.6. The Balaban J connectivity index is 2.11. The summed E-state index contributed by atoms with van der Waals surface area (Å²) >= 11 is 0. The Morgan fingerprint density at radius 2 is 1.83 bits per heavy atom. The van der Waals surface area contributed by atoms with Crippen LogP contribution >= 0.6 is 0 Å². The minimum atomic E-state index is -0.0890. The highest BCUT2D eigenvalue weighted by Crippen LogP contribution is 2.28. The molecule has 2 aromatic rings. The molecule has 1 aromatic heterocycles. The first kappa shape index (κ1) is 12.3. The van der Waals surface area contributed by atoms with Crippen LogP contribution in [0.25, 0.3) is 0 Å². The normalized spacial score (nSPS) is 13.6. The van der Waals surface area contributed by atoms with Crippen molar-refractivity contribution in [1.29, 1.82) is 5.26 Å². The Hall–Kier alpha value is -2.14. The van der Waals surface area contributed by atoms with Crippen LogP contribution in [0.4, 0.5) is 0 Å². The lowest BCUT2D eigenvalue weighted by Gasteiger charge is -2.15. The third-order valence-corrected chi connectivity index (χ3v) is 3.20. The molecule has 2 rings (SSSR count). The SMILES string of the molecule is C[C@@H](C[C@@H](C#N)c1cccnc1)c1ccccc1. The van der Waals surface area contributed by atoms with E-state index in [1.807, 2.05) is 30.3 Å². The smallest absolute Gasteiger partial charge is 0.0733 e. The monoisotopic (exact) mass is 236 g/mol. The predicted octanol–water partition coefficient (Wildman–Crippen LogP) is 3.88. The van der Waals surface area contributed by atoms with Gasteiger partial charge in [-0.1, -0.05) is 43.3 Å². The van der Waals surface area contributed by atoms with E-state index in [0.29, 0.717) is 5.92 Å². The van der Waals surface area contributed by atoms with Crippen LogP contribution in [0.2, 0.25) is 0 Å². The summed E-state index contributed by atoms with van der Waals surface area (Å²) in [5, 5.41) is 9.30. The number of hydrogen-bond acceptors (Lipinski definition) is 2. The van der Waals surface area contributed by atoms with Gasteiger partial charge >= 0.3 is 0 Å². The van der Waals surface area contributed by atoms with E-state index in [9.17, 15) is 5.26 Å². The lowest BCUT2D eigenvalue weighted by molar-refractivity contribution is 0.634. The number of hydrogen-bond donors (Lipinski definition) is 0. The molecule has 2 nitrogen and oxygen atoms in total. The van der Waals surface area contributed by atoms with Crippen LogP contribution in [0.3, 0.4) is 0 Å². The molecule has 0 saturated carbocycles. The molecule has 0 aliphatic carbocycles. The average Bonchev–Trinajstić information content (AvgIpc) is 2.46. The quantitative estimate of drug-likeness (QED) is 0.807. The van der Waals surface area contributed by atoms with E-state index in [0.717, 1.165) is 12.0 Å². The second kappa shape index (κ2) is 5.97. The molecule has 1 heterocycles. The second-order valence-electron chi connectivity index (χ2n) is 4.52. The zero-order valence-corrected chi connectivity index (χ0v) is 10.5. The van der Waals surface area contributed by atoms with Gasteiger partial charge in [0, 0.05) is 12.4 Å². The van der Waals surface area contributed by atoms with Crippen molar-refractivity contribution in [3.8, 4) is 6.07 Å². The maximum Gasteiger partial charge on any atom is 0.0733 e. The van der Waals surface area contributed by atoms with Crippen LogP contribution in [0.15, 0.2) is 54.9 Å². The molecule has 2 atom stereocenters. The van der Waals surface area contributed by atoms with Gasteiger partial charge in [0.15, 0.2) is 0 Å². The van der Waals surface area contributed by atoms with Gasteiger partial charge in [0.1, 0.15) is 0 Å². The van der Waals surface area contributed by atoms with Crippen molar-refractivity contribution >= 4 is 0 Å².